The number of nitrogens with zero attached hydrogens (tertiary/aromatic N) is 3. The topological polar surface area (TPSA) is 68.2 Å². The van der Waals surface area contributed by atoms with Gasteiger partial charge in [-0.1, -0.05) is 29.8 Å². The third-order valence-electron chi connectivity index (χ3n) is 4.05. The predicted octanol–water partition coefficient (Wildman–Crippen LogP) is 2.53. The van der Waals surface area contributed by atoms with E-state index in [1.807, 2.05) is 31.2 Å². The van der Waals surface area contributed by atoms with E-state index < -0.39 is 0 Å². The van der Waals surface area contributed by atoms with Crippen LogP contribution in [0.5, 0.6) is 0 Å². The number of aromatic nitrogens is 2. The minimum absolute atomic E-state index is 0.190. The molecule has 1 aliphatic rings. The summed E-state index contributed by atoms with van der Waals surface area (Å²) in [5.74, 6) is 1.15. The van der Waals surface area contributed by atoms with Crippen molar-refractivity contribution in [2.24, 2.45) is 5.73 Å². The molecule has 2 heterocycles. The molecule has 1 aromatic heterocycles. The number of rotatable bonds is 4. The quantitative estimate of drug-likeness (QED) is 0.935. The highest BCUT2D eigenvalue weighted by atomic mass is 16.5. The smallest absolute Gasteiger partial charge is 0.258 e. The molecule has 5 nitrogen and oxygen atoms in total. The summed E-state index contributed by atoms with van der Waals surface area (Å²) < 4.78 is 5.38. The van der Waals surface area contributed by atoms with Gasteiger partial charge in [-0.15, -0.1) is 0 Å². The third-order valence-corrected chi connectivity index (χ3v) is 4.05. The van der Waals surface area contributed by atoms with Crippen molar-refractivity contribution in [1.82, 2.24) is 15.0 Å². The first-order valence-corrected chi connectivity index (χ1v) is 7.61. The van der Waals surface area contributed by atoms with Gasteiger partial charge in [0.05, 0.1) is 6.04 Å². The van der Waals surface area contributed by atoms with E-state index in [0.29, 0.717) is 11.7 Å². The summed E-state index contributed by atoms with van der Waals surface area (Å²) in [6.45, 7) is 5.08. The second kappa shape index (κ2) is 6.37. The molecule has 0 spiro atoms. The van der Waals surface area contributed by atoms with Crippen LogP contribution in [0.3, 0.4) is 0 Å². The lowest BCUT2D eigenvalue weighted by molar-refractivity contribution is 0.213. The number of aryl methyl sites for hydroxylation is 1. The lowest BCUT2D eigenvalue weighted by atomic mass is 10.1. The van der Waals surface area contributed by atoms with Crippen molar-refractivity contribution in [3.05, 3.63) is 35.7 Å². The molecular weight excluding hydrogens is 264 g/mol. The lowest BCUT2D eigenvalue weighted by Gasteiger charge is -2.27. The standard InChI is InChI=1S/C16H22N4O/c1-12-7-3-4-8-13(12)16-18-15(19-21-16)14(17)11-20-9-5-2-6-10-20/h3-4,7-8,14H,2,5-6,9-11,17H2,1H3. The number of hydrogen-bond donors (Lipinski definition) is 1. The maximum absolute atomic E-state index is 6.23. The average Bonchev–Trinajstić information content (AvgIpc) is 2.98. The Labute approximate surface area is 125 Å². The van der Waals surface area contributed by atoms with Crippen molar-refractivity contribution in [1.29, 1.82) is 0 Å². The maximum atomic E-state index is 6.23. The van der Waals surface area contributed by atoms with Gasteiger partial charge >= 0.3 is 0 Å². The van der Waals surface area contributed by atoms with E-state index in [9.17, 15) is 0 Å². The van der Waals surface area contributed by atoms with Crippen LogP contribution in [0.4, 0.5) is 0 Å². The number of benzene rings is 1. The molecule has 0 radical (unpaired) electrons. The summed E-state index contributed by atoms with van der Waals surface area (Å²) >= 11 is 0. The first kappa shape index (κ1) is 14.2. The molecule has 0 bridgehead atoms. The van der Waals surface area contributed by atoms with Gasteiger partial charge in [0.1, 0.15) is 0 Å². The van der Waals surface area contributed by atoms with Gasteiger partial charge in [-0.05, 0) is 44.5 Å². The van der Waals surface area contributed by atoms with Crippen LogP contribution in [-0.2, 0) is 0 Å². The van der Waals surface area contributed by atoms with Crippen molar-refractivity contribution in [2.45, 2.75) is 32.2 Å². The van der Waals surface area contributed by atoms with Gasteiger partial charge in [0.25, 0.3) is 5.89 Å². The zero-order chi connectivity index (χ0) is 14.7. The molecule has 112 valence electrons. The highest BCUT2D eigenvalue weighted by Crippen LogP contribution is 2.22. The van der Waals surface area contributed by atoms with E-state index in [2.05, 4.69) is 15.0 Å². The molecule has 2 N–H and O–H groups in total. The third kappa shape index (κ3) is 3.31. The molecule has 21 heavy (non-hydrogen) atoms. The summed E-state index contributed by atoms with van der Waals surface area (Å²) in [6.07, 6.45) is 3.84. The van der Waals surface area contributed by atoms with Crippen LogP contribution in [0, 0.1) is 6.92 Å². The van der Waals surface area contributed by atoms with Crippen molar-refractivity contribution in [2.75, 3.05) is 19.6 Å². The van der Waals surface area contributed by atoms with E-state index in [4.69, 9.17) is 10.3 Å². The summed E-state index contributed by atoms with van der Waals surface area (Å²) in [5, 5.41) is 4.06. The second-order valence-corrected chi connectivity index (χ2v) is 5.74. The van der Waals surface area contributed by atoms with Gasteiger partial charge in [-0.25, -0.2) is 0 Å². The summed E-state index contributed by atoms with van der Waals surface area (Å²) in [7, 11) is 0. The zero-order valence-electron chi connectivity index (χ0n) is 12.5. The van der Waals surface area contributed by atoms with E-state index >= 15 is 0 Å². The fourth-order valence-electron chi connectivity index (χ4n) is 2.81. The summed E-state index contributed by atoms with van der Waals surface area (Å²) in [4.78, 5) is 6.86. The van der Waals surface area contributed by atoms with Crippen molar-refractivity contribution < 1.29 is 4.52 Å². The Balaban J connectivity index is 1.71. The molecule has 1 aliphatic heterocycles. The number of piperidine rings is 1. The summed E-state index contributed by atoms with van der Waals surface area (Å²) in [6, 6.07) is 7.80. The van der Waals surface area contributed by atoms with Crippen LogP contribution >= 0.6 is 0 Å². The summed E-state index contributed by atoms with van der Waals surface area (Å²) in [5.41, 5.74) is 8.32. The second-order valence-electron chi connectivity index (χ2n) is 5.74. The zero-order valence-corrected chi connectivity index (χ0v) is 12.5. The van der Waals surface area contributed by atoms with Crippen LogP contribution in [0.1, 0.15) is 36.7 Å². The number of nitrogens with two attached hydrogens (primary N) is 1. The Kier molecular flexibility index (Phi) is 4.31. The molecule has 2 aromatic rings. The van der Waals surface area contributed by atoms with Gasteiger partial charge in [0, 0.05) is 12.1 Å². The molecule has 1 atom stereocenters. The number of likely N-dealkylation sites (tertiary alicyclic amines) is 1. The van der Waals surface area contributed by atoms with E-state index in [0.717, 1.165) is 30.8 Å². The van der Waals surface area contributed by atoms with Crippen LogP contribution in [0.15, 0.2) is 28.8 Å². The molecule has 0 saturated carbocycles. The number of hydrogen-bond acceptors (Lipinski definition) is 5. The maximum Gasteiger partial charge on any atom is 0.258 e. The molecule has 0 aliphatic carbocycles. The van der Waals surface area contributed by atoms with Gasteiger partial charge in [0.2, 0.25) is 0 Å². The Bertz CT molecular complexity index is 589. The van der Waals surface area contributed by atoms with Crippen LogP contribution in [-0.4, -0.2) is 34.7 Å². The highest BCUT2D eigenvalue weighted by Gasteiger charge is 2.20. The minimum atomic E-state index is -0.190. The fourth-order valence-corrected chi connectivity index (χ4v) is 2.81. The highest BCUT2D eigenvalue weighted by molar-refractivity contribution is 5.57. The molecule has 0 amide bonds. The van der Waals surface area contributed by atoms with E-state index in [-0.39, 0.29) is 6.04 Å². The molecule has 3 rings (SSSR count). The Morgan fingerprint density at radius 3 is 2.76 bits per heavy atom. The Morgan fingerprint density at radius 2 is 2.00 bits per heavy atom. The van der Waals surface area contributed by atoms with Crippen LogP contribution < -0.4 is 5.73 Å². The van der Waals surface area contributed by atoms with Gasteiger partial charge in [-0.3, -0.25) is 0 Å². The molecular formula is C16H22N4O. The Morgan fingerprint density at radius 1 is 1.24 bits per heavy atom. The first-order chi connectivity index (χ1) is 10.2. The van der Waals surface area contributed by atoms with E-state index in [1.165, 1.54) is 19.3 Å². The fraction of sp³-hybridized carbons (Fsp3) is 0.500. The Hall–Kier alpha value is -1.72. The monoisotopic (exact) mass is 286 g/mol. The van der Waals surface area contributed by atoms with Crippen molar-refractivity contribution >= 4 is 0 Å². The van der Waals surface area contributed by atoms with Gasteiger partial charge in [-0.2, -0.15) is 4.98 Å². The van der Waals surface area contributed by atoms with Crippen LogP contribution in [0.25, 0.3) is 11.5 Å². The SMILES string of the molecule is Cc1ccccc1-c1nc(C(N)CN2CCCCC2)no1. The lowest BCUT2D eigenvalue weighted by Crippen LogP contribution is -2.36. The van der Waals surface area contributed by atoms with Crippen molar-refractivity contribution in [3.8, 4) is 11.5 Å². The average molecular weight is 286 g/mol. The predicted molar refractivity (Wildman–Crippen MR) is 81.7 cm³/mol. The molecule has 1 aromatic carbocycles. The normalized spacial score (nSPS) is 17.8. The molecule has 1 fully saturated rings. The van der Waals surface area contributed by atoms with Crippen LogP contribution in [0.2, 0.25) is 0 Å². The largest absolute Gasteiger partial charge is 0.334 e. The molecule has 1 saturated heterocycles. The van der Waals surface area contributed by atoms with Gasteiger partial charge in [0.15, 0.2) is 5.82 Å². The molecule has 5 heteroatoms. The van der Waals surface area contributed by atoms with Gasteiger partial charge < -0.3 is 15.2 Å². The van der Waals surface area contributed by atoms with E-state index in [1.54, 1.807) is 0 Å². The first-order valence-electron chi connectivity index (χ1n) is 7.61. The minimum Gasteiger partial charge on any atom is -0.334 e. The van der Waals surface area contributed by atoms with Crippen molar-refractivity contribution in [3.63, 3.8) is 0 Å². The molecule has 1 unspecified atom stereocenters.